The topological polar surface area (TPSA) is 131 Å². The van der Waals surface area contributed by atoms with Gasteiger partial charge in [-0.15, -0.1) is 10.2 Å². The van der Waals surface area contributed by atoms with Crippen LogP contribution in [0.15, 0.2) is 66.4 Å². The van der Waals surface area contributed by atoms with E-state index >= 15 is 0 Å². The molecule has 0 saturated heterocycles. The van der Waals surface area contributed by atoms with Gasteiger partial charge in [-0.2, -0.15) is 5.26 Å². The molecule has 1 aromatic carbocycles. The number of nitrogens with one attached hydrogen (secondary N) is 1. The minimum absolute atomic E-state index is 0.142. The van der Waals surface area contributed by atoms with E-state index in [1.54, 1.807) is 18.2 Å². The Morgan fingerprint density at radius 1 is 1.30 bits per heavy atom. The molecule has 2 aromatic rings. The number of anilines is 1. The Bertz CT molecular complexity index is 1080. The summed E-state index contributed by atoms with van der Waals surface area (Å²) in [7, 11) is 0. The maximum Gasteiger partial charge on any atom is 0.248 e. The van der Waals surface area contributed by atoms with Gasteiger partial charge in [0.15, 0.2) is 0 Å². The molecule has 1 aliphatic rings. The highest BCUT2D eigenvalue weighted by Gasteiger charge is 2.39. The van der Waals surface area contributed by atoms with Crippen molar-refractivity contribution in [1.29, 1.82) is 5.26 Å². The zero-order valence-corrected chi connectivity index (χ0v) is 16.2. The molecule has 0 radical (unpaired) electrons. The number of primary amides is 1. The van der Waals surface area contributed by atoms with Crippen LogP contribution in [-0.2, 0) is 0 Å². The highest BCUT2D eigenvalue weighted by Crippen LogP contribution is 2.41. The summed E-state index contributed by atoms with van der Waals surface area (Å²) in [5.41, 5.74) is 12.0. The quantitative estimate of drug-likeness (QED) is 0.480. The standard InChI is InChI=1S/C22H21FN6O/c1-14(11-15(13-25)7-10-24)22(8-2-9-22)27-20-6-5-19(28-29-20)17-12-16(21(26)30)3-4-18(17)23/h3-7,10-12H,1-2,8-9,24H2,(H2,26,30)(H,27,29)/b10-7-,15-11+. The monoisotopic (exact) mass is 404 g/mol. The number of halogens is 1. The summed E-state index contributed by atoms with van der Waals surface area (Å²) in [6.45, 7) is 4.11. The number of allylic oxidation sites excluding steroid dienone is 2. The van der Waals surface area contributed by atoms with Crippen molar-refractivity contribution in [3.8, 4) is 17.3 Å². The van der Waals surface area contributed by atoms with Crippen molar-refractivity contribution < 1.29 is 9.18 Å². The lowest BCUT2D eigenvalue weighted by Gasteiger charge is -2.43. The number of amides is 1. The summed E-state index contributed by atoms with van der Waals surface area (Å²) in [6.07, 6.45) is 7.17. The average molecular weight is 404 g/mol. The van der Waals surface area contributed by atoms with Crippen molar-refractivity contribution in [3.05, 3.63) is 77.8 Å². The van der Waals surface area contributed by atoms with E-state index in [4.69, 9.17) is 11.5 Å². The van der Waals surface area contributed by atoms with Crippen LogP contribution in [0.25, 0.3) is 11.3 Å². The first kappa shape index (κ1) is 20.7. The van der Waals surface area contributed by atoms with Crippen LogP contribution in [0, 0.1) is 17.1 Å². The molecule has 8 heteroatoms. The van der Waals surface area contributed by atoms with Crippen molar-refractivity contribution in [2.75, 3.05) is 5.32 Å². The summed E-state index contributed by atoms with van der Waals surface area (Å²) in [4.78, 5) is 11.4. The van der Waals surface area contributed by atoms with Crippen LogP contribution in [-0.4, -0.2) is 21.6 Å². The molecule has 0 unspecified atom stereocenters. The number of rotatable bonds is 7. The molecular weight excluding hydrogens is 383 g/mol. The molecule has 30 heavy (non-hydrogen) atoms. The maximum absolute atomic E-state index is 14.2. The normalized spacial score (nSPS) is 15.3. The fraction of sp³-hybridized carbons (Fsp3) is 0.182. The van der Waals surface area contributed by atoms with Gasteiger partial charge in [0.25, 0.3) is 0 Å². The molecule has 1 aromatic heterocycles. The lowest BCUT2D eigenvalue weighted by Crippen LogP contribution is -2.46. The number of nitriles is 1. The zero-order valence-electron chi connectivity index (χ0n) is 16.2. The molecule has 1 saturated carbocycles. The Kier molecular flexibility index (Phi) is 5.93. The summed E-state index contributed by atoms with van der Waals surface area (Å²) in [6, 6.07) is 9.21. The van der Waals surface area contributed by atoms with E-state index < -0.39 is 17.3 Å². The van der Waals surface area contributed by atoms with Gasteiger partial charge in [0.05, 0.1) is 22.9 Å². The third kappa shape index (κ3) is 4.20. The molecular formula is C22H21FN6O. The highest BCUT2D eigenvalue weighted by atomic mass is 19.1. The molecule has 0 atom stereocenters. The van der Waals surface area contributed by atoms with Crippen LogP contribution in [0.2, 0.25) is 0 Å². The van der Waals surface area contributed by atoms with Gasteiger partial charge in [0.1, 0.15) is 11.6 Å². The van der Waals surface area contributed by atoms with Crippen molar-refractivity contribution >= 4 is 11.7 Å². The Morgan fingerprint density at radius 3 is 2.60 bits per heavy atom. The van der Waals surface area contributed by atoms with E-state index in [0.29, 0.717) is 11.4 Å². The number of hydrogen-bond acceptors (Lipinski definition) is 6. The Balaban J connectivity index is 1.83. The predicted molar refractivity (Wildman–Crippen MR) is 112 cm³/mol. The second kappa shape index (κ2) is 8.57. The molecule has 7 nitrogen and oxygen atoms in total. The van der Waals surface area contributed by atoms with Gasteiger partial charge >= 0.3 is 0 Å². The first-order valence-electron chi connectivity index (χ1n) is 9.29. The molecule has 0 bridgehead atoms. The molecule has 1 heterocycles. The molecule has 152 valence electrons. The number of carbonyl (C=O) groups is 1. The summed E-state index contributed by atoms with van der Waals surface area (Å²) in [5, 5.41) is 20.8. The largest absolute Gasteiger partial charge is 0.405 e. The molecule has 1 fully saturated rings. The second-order valence-corrected chi connectivity index (χ2v) is 7.02. The van der Waals surface area contributed by atoms with Crippen LogP contribution >= 0.6 is 0 Å². The van der Waals surface area contributed by atoms with Crippen LogP contribution < -0.4 is 16.8 Å². The van der Waals surface area contributed by atoms with Gasteiger partial charge in [-0.1, -0.05) is 6.58 Å². The predicted octanol–water partition coefficient (Wildman–Crippen LogP) is 3.19. The molecule has 3 rings (SSSR count). The van der Waals surface area contributed by atoms with Gasteiger partial charge in [0.2, 0.25) is 5.91 Å². The van der Waals surface area contributed by atoms with E-state index in [9.17, 15) is 14.4 Å². The van der Waals surface area contributed by atoms with E-state index in [1.165, 1.54) is 30.5 Å². The number of nitrogens with zero attached hydrogens (tertiary/aromatic N) is 3. The van der Waals surface area contributed by atoms with Gasteiger partial charge in [0, 0.05) is 11.1 Å². The fourth-order valence-electron chi connectivity index (χ4n) is 3.27. The molecule has 1 aliphatic carbocycles. The number of hydrogen-bond donors (Lipinski definition) is 3. The number of nitrogens with two attached hydrogens (primary N) is 2. The smallest absolute Gasteiger partial charge is 0.248 e. The minimum Gasteiger partial charge on any atom is -0.405 e. The number of carbonyl (C=O) groups excluding carboxylic acids is 1. The lowest BCUT2D eigenvalue weighted by molar-refractivity contribution is 0.100. The summed E-state index contributed by atoms with van der Waals surface area (Å²) in [5.74, 6) is -0.685. The van der Waals surface area contributed by atoms with Gasteiger partial charge in [-0.05, 0) is 73.5 Å². The van der Waals surface area contributed by atoms with Crippen LogP contribution in [0.5, 0.6) is 0 Å². The highest BCUT2D eigenvalue weighted by molar-refractivity contribution is 5.94. The number of benzene rings is 1. The van der Waals surface area contributed by atoms with Gasteiger partial charge in [-0.25, -0.2) is 4.39 Å². The summed E-state index contributed by atoms with van der Waals surface area (Å²) >= 11 is 0. The van der Waals surface area contributed by atoms with Crippen molar-refractivity contribution in [3.63, 3.8) is 0 Å². The van der Waals surface area contributed by atoms with E-state index in [2.05, 4.69) is 28.2 Å². The first-order chi connectivity index (χ1) is 14.4. The van der Waals surface area contributed by atoms with Crippen LogP contribution in [0.3, 0.4) is 0 Å². The average Bonchev–Trinajstić information content (AvgIpc) is 2.71. The van der Waals surface area contributed by atoms with Crippen molar-refractivity contribution in [2.24, 2.45) is 11.5 Å². The first-order valence-corrected chi connectivity index (χ1v) is 9.29. The molecule has 5 N–H and O–H groups in total. The minimum atomic E-state index is -0.651. The number of aromatic nitrogens is 2. The van der Waals surface area contributed by atoms with Crippen molar-refractivity contribution in [2.45, 2.75) is 24.8 Å². The third-order valence-corrected chi connectivity index (χ3v) is 5.12. The van der Waals surface area contributed by atoms with E-state index in [-0.39, 0.29) is 16.8 Å². The Labute approximate surface area is 173 Å². The van der Waals surface area contributed by atoms with E-state index in [1.807, 2.05) is 0 Å². The van der Waals surface area contributed by atoms with E-state index in [0.717, 1.165) is 24.8 Å². The van der Waals surface area contributed by atoms with Gasteiger partial charge < -0.3 is 16.8 Å². The fourth-order valence-corrected chi connectivity index (χ4v) is 3.27. The second-order valence-electron chi connectivity index (χ2n) is 7.02. The maximum atomic E-state index is 14.2. The van der Waals surface area contributed by atoms with Crippen LogP contribution in [0.1, 0.15) is 29.6 Å². The molecule has 0 spiro atoms. The lowest BCUT2D eigenvalue weighted by atomic mass is 9.71. The van der Waals surface area contributed by atoms with Gasteiger partial charge in [-0.3, -0.25) is 4.79 Å². The Hall–Kier alpha value is -3.99. The van der Waals surface area contributed by atoms with Crippen LogP contribution in [0.4, 0.5) is 10.2 Å². The molecule has 1 amide bonds. The Morgan fingerprint density at radius 2 is 2.07 bits per heavy atom. The van der Waals surface area contributed by atoms with Crippen molar-refractivity contribution in [1.82, 2.24) is 10.2 Å². The molecule has 0 aliphatic heterocycles. The SMILES string of the molecule is C=C(/C=C(C#N)\C=C/N)C1(Nc2ccc(-c3cc(C(N)=O)ccc3F)nn2)CCC1. The zero-order chi connectivity index (χ0) is 21.7. The summed E-state index contributed by atoms with van der Waals surface area (Å²) < 4.78 is 14.2. The third-order valence-electron chi connectivity index (χ3n) is 5.12.